The third-order valence-electron chi connectivity index (χ3n) is 12.2. The number of benzene rings is 1. The summed E-state index contributed by atoms with van der Waals surface area (Å²) >= 11 is 12.2. The number of unbranched alkanes of at least 4 members (excludes halogenated alkanes) is 15. The van der Waals surface area contributed by atoms with E-state index < -0.39 is 23.9 Å². The first-order valence-corrected chi connectivity index (χ1v) is 27.7. The summed E-state index contributed by atoms with van der Waals surface area (Å²) in [6.07, 6.45) is 22.0. The van der Waals surface area contributed by atoms with Crippen molar-refractivity contribution in [3.05, 3.63) is 22.2 Å². The highest BCUT2D eigenvalue weighted by Crippen LogP contribution is 2.37. The summed E-state index contributed by atoms with van der Waals surface area (Å²) in [6, 6.07) is 1.57. The van der Waals surface area contributed by atoms with E-state index in [0.29, 0.717) is 37.8 Å². The molecule has 0 spiro atoms. The van der Waals surface area contributed by atoms with E-state index >= 15 is 0 Å². The molecule has 0 aromatic heterocycles. The van der Waals surface area contributed by atoms with Gasteiger partial charge in [-0.1, -0.05) is 113 Å². The fraction of sp³-hybridized carbons (Fsp3) is 0.745. The third-order valence-corrected chi connectivity index (χ3v) is 13.2. The zero-order valence-corrected chi connectivity index (χ0v) is 44.9. The van der Waals surface area contributed by atoms with Crippen LogP contribution in [0.15, 0.2) is 17.0 Å². The van der Waals surface area contributed by atoms with Crippen molar-refractivity contribution >= 4 is 76.8 Å². The van der Waals surface area contributed by atoms with Crippen LogP contribution in [-0.2, 0) is 52.5 Å². The van der Waals surface area contributed by atoms with Gasteiger partial charge in [-0.2, -0.15) is 0 Å². The SMILES string of the molecule is O=C(O)CCCCCCCCCCCCCCCCCCC(=O)NC[C@H]1CC[C@H](C(=O)N[C@@H](CCC(=O)NCCOCCOCC(=O)NCCOCCOCC(=O)Oc2c(Cl)cc(Cl)cc2SO)C(=O)O)CC1. The fourth-order valence-electron chi connectivity index (χ4n) is 8.11. The number of amides is 4. The van der Waals surface area contributed by atoms with Gasteiger partial charge in [0.1, 0.15) is 19.3 Å². The Kier molecular flexibility index (Phi) is 38.0. The lowest BCUT2D eigenvalue weighted by Gasteiger charge is -2.28. The number of rotatable bonds is 45. The van der Waals surface area contributed by atoms with Gasteiger partial charge in [0.05, 0.1) is 49.6 Å². The van der Waals surface area contributed by atoms with Gasteiger partial charge in [0, 0.05) is 61.9 Å². The molecule has 0 bridgehead atoms. The summed E-state index contributed by atoms with van der Waals surface area (Å²) in [5.74, 6) is -3.72. The maximum Gasteiger partial charge on any atom is 0.337 e. The molecule has 1 aliphatic carbocycles. The van der Waals surface area contributed by atoms with Crippen molar-refractivity contribution in [3.8, 4) is 5.75 Å². The summed E-state index contributed by atoms with van der Waals surface area (Å²) in [4.78, 5) is 84.5. The minimum Gasteiger partial charge on any atom is -0.481 e. The van der Waals surface area contributed by atoms with Gasteiger partial charge in [0.2, 0.25) is 23.6 Å². The van der Waals surface area contributed by atoms with E-state index in [1.54, 1.807) is 0 Å². The van der Waals surface area contributed by atoms with Crippen LogP contribution >= 0.6 is 35.2 Å². The normalized spacial score (nSPS) is 14.8. The average molecular weight is 1090 g/mol. The van der Waals surface area contributed by atoms with Crippen LogP contribution in [0.25, 0.3) is 0 Å². The van der Waals surface area contributed by atoms with Crippen LogP contribution in [0.2, 0.25) is 10.0 Å². The predicted molar refractivity (Wildman–Crippen MR) is 278 cm³/mol. The summed E-state index contributed by atoms with van der Waals surface area (Å²) in [7, 11) is 0. The third kappa shape index (κ3) is 34.4. The molecule has 73 heavy (non-hydrogen) atoms. The molecule has 0 unspecified atom stereocenters. The second-order valence-electron chi connectivity index (χ2n) is 18.3. The molecule has 1 atom stereocenters. The van der Waals surface area contributed by atoms with Crippen LogP contribution in [0.4, 0.5) is 0 Å². The van der Waals surface area contributed by atoms with Crippen LogP contribution < -0.4 is 26.0 Å². The van der Waals surface area contributed by atoms with Gasteiger partial charge >= 0.3 is 17.9 Å². The molecule has 1 fully saturated rings. The molecule has 0 radical (unpaired) electrons. The quantitative estimate of drug-likeness (QED) is 0.0140. The standard InChI is InChI=1S/C51H82Cl2N4O15S/c52-40-33-41(53)49(43(34-40)73-67)72-48(63)37-71-32-30-69-28-26-55-46(60)36-70-31-29-68-27-25-54-45(59)24-23-42(51(65)66)57-50(64)39-21-19-38(20-22-39)35-56-44(58)17-15-13-11-9-7-5-3-1-2-4-6-8-10-12-14-16-18-47(61)62/h33-34,38-39,42,67H,1-32,35-37H2,(H,54,59)(H,55,60)(H,56,58)(H,57,64)(H,61,62)(H,65,66)/t38-,39-,42-/m0/s1. The molecule has 1 saturated carbocycles. The largest absolute Gasteiger partial charge is 0.481 e. The van der Waals surface area contributed by atoms with E-state index in [2.05, 4.69) is 21.3 Å². The van der Waals surface area contributed by atoms with E-state index in [4.69, 9.17) is 52.0 Å². The Morgan fingerprint density at radius 2 is 1.08 bits per heavy atom. The highest BCUT2D eigenvalue weighted by molar-refractivity contribution is 7.93. The summed E-state index contributed by atoms with van der Waals surface area (Å²) in [5, 5.41) is 29.7. The molecule has 0 saturated heterocycles. The summed E-state index contributed by atoms with van der Waals surface area (Å²) in [5.41, 5.74) is 0. The average Bonchev–Trinajstić information content (AvgIpc) is 3.36. The fourth-order valence-corrected chi connectivity index (χ4v) is 9.17. The topological polar surface area (TPSA) is 274 Å². The Labute approximate surface area is 445 Å². The molecular weight excluding hydrogens is 1010 g/mol. The highest BCUT2D eigenvalue weighted by Gasteiger charge is 2.30. The van der Waals surface area contributed by atoms with Gasteiger partial charge in [0.25, 0.3) is 0 Å². The van der Waals surface area contributed by atoms with Crippen LogP contribution in [0.3, 0.4) is 0 Å². The van der Waals surface area contributed by atoms with Crippen LogP contribution in [0, 0.1) is 11.8 Å². The number of carboxylic acid groups (broad SMARTS) is 2. The molecule has 4 amide bonds. The van der Waals surface area contributed by atoms with Gasteiger partial charge in [-0.15, -0.1) is 0 Å². The smallest absolute Gasteiger partial charge is 0.337 e. The number of hydrogen-bond donors (Lipinski definition) is 7. The molecule has 22 heteroatoms. The van der Waals surface area contributed by atoms with Gasteiger partial charge in [0.15, 0.2) is 5.75 Å². The number of aliphatic carboxylic acids is 2. The van der Waals surface area contributed by atoms with Crippen molar-refractivity contribution in [2.75, 3.05) is 72.5 Å². The number of ether oxygens (including phenoxy) is 5. The molecule has 19 nitrogen and oxygen atoms in total. The number of esters is 1. The van der Waals surface area contributed by atoms with Crippen molar-refractivity contribution in [1.29, 1.82) is 0 Å². The van der Waals surface area contributed by atoms with E-state index in [1.165, 1.54) is 76.3 Å². The Balaban J connectivity index is 1.38. The number of carboxylic acids is 2. The summed E-state index contributed by atoms with van der Waals surface area (Å²) in [6.45, 7) is 1.29. The van der Waals surface area contributed by atoms with E-state index in [-0.39, 0.29) is 141 Å². The van der Waals surface area contributed by atoms with Crippen LogP contribution in [0.1, 0.15) is 154 Å². The minimum absolute atomic E-state index is 0.0285. The second kappa shape index (κ2) is 42.5. The monoisotopic (exact) mass is 1090 g/mol. The number of carbonyl (C=O) groups is 7. The van der Waals surface area contributed by atoms with Crippen molar-refractivity contribution in [2.24, 2.45) is 11.8 Å². The van der Waals surface area contributed by atoms with Crippen LogP contribution in [0.5, 0.6) is 5.75 Å². The lowest BCUT2D eigenvalue weighted by molar-refractivity contribution is -0.143. The Morgan fingerprint density at radius 1 is 0.589 bits per heavy atom. The Bertz CT molecular complexity index is 1760. The molecular formula is C51H82Cl2N4O15S. The lowest BCUT2D eigenvalue weighted by Crippen LogP contribution is -2.45. The number of halogens is 2. The highest BCUT2D eigenvalue weighted by atomic mass is 35.5. The molecule has 1 aromatic rings. The molecule has 0 aliphatic heterocycles. The zero-order chi connectivity index (χ0) is 53.3. The maximum absolute atomic E-state index is 13.0. The molecule has 1 aromatic carbocycles. The first kappa shape index (κ1) is 65.4. The molecule has 7 N–H and O–H groups in total. The molecule has 0 heterocycles. The lowest BCUT2D eigenvalue weighted by atomic mass is 9.81. The van der Waals surface area contributed by atoms with E-state index in [9.17, 15) is 43.2 Å². The van der Waals surface area contributed by atoms with E-state index in [1.807, 2.05) is 0 Å². The molecule has 2 rings (SSSR count). The molecule has 416 valence electrons. The zero-order valence-electron chi connectivity index (χ0n) is 42.5. The minimum atomic E-state index is -1.21. The van der Waals surface area contributed by atoms with Gasteiger partial charge < -0.3 is 59.7 Å². The predicted octanol–water partition coefficient (Wildman–Crippen LogP) is 8.14. The van der Waals surface area contributed by atoms with Gasteiger partial charge in [-0.05, 0) is 63.0 Å². The first-order valence-electron chi connectivity index (χ1n) is 26.2. The van der Waals surface area contributed by atoms with E-state index in [0.717, 1.165) is 51.4 Å². The van der Waals surface area contributed by atoms with Crippen molar-refractivity contribution in [1.82, 2.24) is 21.3 Å². The number of carbonyl (C=O) groups excluding carboxylic acids is 5. The summed E-state index contributed by atoms with van der Waals surface area (Å²) < 4.78 is 35.8. The van der Waals surface area contributed by atoms with Gasteiger partial charge in [-0.25, -0.2) is 9.59 Å². The van der Waals surface area contributed by atoms with Crippen molar-refractivity contribution in [2.45, 2.75) is 165 Å². The first-order chi connectivity index (χ1) is 35.3. The number of hydrogen-bond acceptors (Lipinski definition) is 14. The van der Waals surface area contributed by atoms with Gasteiger partial charge in [-0.3, -0.25) is 24.0 Å². The second-order valence-corrected chi connectivity index (χ2v) is 19.8. The van der Waals surface area contributed by atoms with Crippen molar-refractivity contribution < 1.29 is 72.0 Å². The Morgan fingerprint density at radius 3 is 1.62 bits per heavy atom. The van der Waals surface area contributed by atoms with Crippen LogP contribution in [-0.4, -0.2) is 135 Å². The maximum atomic E-state index is 13.0. The molecule has 1 aliphatic rings. The Hall–Kier alpha value is -3.76. The number of nitrogens with one attached hydrogen (secondary N) is 4. The van der Waals surface area contributed by atoms with Crippen molar-refractivity contribution in [3.63, 3.8) is 0 Å².